The Bertz CT molecular complexity index is 391. The van der Waals surface area contributed by atoms with E-state index in [-0.39, 0.29) is 5.41 Å². The van der Waals surface area contributed by atoms with Gasteiger partial charge in [0.1, 0.15) is 0 Å². The molecular weight excluding hydrogens is 210 g/mol. The minimum atomic E-state index is -0.646. The number of pyridine rings is 1. The standard InChI is InChI=1S/C12H16ClNO/c1-11(2,3)10-9(13)6-8(7-14-10)12(15)4-5-12/h6-7,15H,4-5H2,1-3H3. The predicted octanol–water partition coefficient (Wildman–Crippen LogP) is 3.01. The van der Waals surface area contributed by atoms with Gasteiger partial charge in [0.05, 0.1) is 16.3 Å². The van der Waals surface area contributed by atoms with E-state index in [9.17, 15) is 5.11 Å². The molecule has 1 aliphatic rings. The van der Waals surface area contributed by atoms with E-state index in [0.29, 0.717) is 5.02 Å². The average Bonchev–Trinajstić information content (AvgIpc) is 2.82. The first-order chi connectivity index (χ1) is 6.83. The summed E-state index contributed by atoms with van der Waals surface area (Å²) in [7, 11) is 0. The van der Waals surface area contributed by atoms with Gasteiger partial charge in [-0.2, -0.15) is 0 Å². The summed E-state index contributed by atoms with van der Waals surface area (Å²) in [4.78, 5) is 4.36. The Morgan fingerprint density at radius 1 is 1.40 bits per heavy atom. The molecular formula is C12H16ClNO. The molecule has 1 aromatic heterocycles. The number of halogens is 1. The summed E-state index contributed by atoms with van der Waals surface area (Å²) in [6, 6.07) is 1.85. The summed E-state index contributed by atoms with van der Waals surface area (Å²) in [5, 5.41) is 10.6. The van der Waals surface area contributed by atoms with Crippen LogP contribution in [0.15, 0.2) is 12.3 Å². The lowest BCUT2D eigenvalue weighted by molar-refractivity contribution is 0.151. The van der Waals surface area contributed by atoms with Gasteiger partial charge in [-0.15, -0.1) is 0 Å². The highest BCUT2D eigenvalue weighted by molar-refractivity contribution is 6.31. The molecule has 0 atom stereocenters. The van der Waals surface area contributed by atoms with Crippen LogP contribution in [-0.4, -0.2) is 10.1 Å². The van der Waals surface area contributed by atoms with Crippen molar-refractivity contribution in [1.82, 2.24) is 4.98 Å². The molecule has 1 aliphatic carbocycles. The number of nitrogens with zero attached hydrogens (tertiary/aromatic N) is 1. The maximum atomic E-state index is 9.92. The van der Waals surface area contributed by atoms with E-state index in [1.54, 1.807) is 6.20 Å². The van der Waals surface area contributed by atoms with Crippen LogP contribution in [0.3, 0.4) is 0 Å². The molecule has 0 spiro atoms. The molecule has 0 aliphatic heterocycles. The Labute approximate surface area is 95.3 Å². The van der Waals surface area contributed by atoms with Crippen LogP contribution in [0.25, 0.3) is 0 Å². The number of hydrogen-bond donors (Lipinski definition) is 1. The fraction of sp³-hybridized carbons (Fsp3) is 0.583. The third-order valence-corrected chi connectivity index (χ3v) is 3.10. The summed E-state index contributed by atoms with van der Waals surface area (Å²) >= 11 is 6.17. The van der Waals surface area contributed by atoms with Gasteiger partial charge in [0.2, 0.25) is 0 Å². The van der Waals surface area contributed by atoms with E-state index in [1.807, 2.05) is 6.07 Å². The van der Waals surface area contributed by atoms with Crippen LogP contribution in [-0.2, 0) is 11.0 Å². The Balaban J connectivity index is 2.39. The van der Waals surface area contributed by atoms with Crippen LogP contribution in [0.5, 0.6) is 0 Å². The van der Waals surface area contributed by atoms with Crippen molar-refractivity contribution in [3.05, 3.63) is 28.5 Å². The Kier molecular flexibility index (Phi) is 2.32. The molecule has 1 fully saturated rings. The van der Waals surface area contributed by atoms with Crippen molar-refractivity contribution >= 4 is 11.6 Å². The van der Waals surface area contributed by atoms with E-state index in [1.165, 1.54) is 0 Å². The van der Waals surface area contributed by atoms with Gasteiger partial charge < -0.3 is 5.11 Å². The lowest BCUT2D eigenvalue weighted by Gasteiger charge is -2.20. The fourth-order valence-electron chi connectivity index (χ4n) is 1.65. The van der Waals surface area contributed by atoms with Crippen LogP contribution in [0.2, 0.25) is 5.02 Å². The normalized spacial score (nSPS) is 19.0. The summed E-state index contributed by atoms with van der Waals surface area (Å²) in [5.41, 5.74) is 1.03. The zero-order chi connectivity index (χ0) is 11.3. The van der Waals surface area contributed by atoms with Crippen LogP contribution >= 0.6 is 11.6 Å². The maximum Gasteiger partial charge on any atom is 0.0914 e. The molecule has 0 radical (unpaired) electrons. The molecule has 0 unspecified atom stereocenters. The number of hydrogen-bond acceptors (Lipinski definition) is 2. The molecule has 2 rings (SSSR count). The van der Waals surface area contributed by atoms with Crippen molar-refractivity contribution in [2.45, 2.75) is 44.6 Å². The molecule has 0 amide bonds. The van der Waals surface area contributed by atoms with Gasteiger partial charge in [-0.25, -0.2) is 0 Å². The lowest BCUT2D eigenvalue weighted by atomic mass is 9.91. The van der Waals surface area contributed by atoms with E-state index in [2.05, 4.69) is 25.8 Å². The second-order valence-corrected chi connectivity index (χ2v) is 5.74. The molecule has 0 aromatic carbocycles. The van der Waals surface area contributed by atoms with Crippen molar-refractivity contribution in [2.75, 3.05) is 0 Å². The van der Waals surface area contributed by atoms with Crippen LogP contribution < -0.4 is 0 Å². The molecule has 82 valence electrons. The van der Waals surface area contributed by atoms with Gasteiger partial charge in [0.15, 0.2) is 0 Å². The summed E-state index contributed by atoms with van der Waals surface area (Å²) < 4.78 is 0. The van der Waals surface area contributed by atoms with Crippen molar-refractivity contribution < 1.29 is 5.11 Å². The van der Waals surface area contributed by atoms with Gasteiger partial charge >= 0.3 is 0 Å². The maximum absolute atomic E-state index is 9.92. The molecule has 1 aromatic rings. The Morgan fingerprint density at radius 2 is 2.00 bits per heavy atom. The van der Waals surface area contributed by atoms with Crippen molar-refractivity contribution in [3.63, 3.8) is 0 Å². The number of aliphatic hydroxyl groups is 1. The molecule has 1 heterocycles. The second kappa shape index (κ2) is 3.19. The van der Waals surface area contributed by atoms with Gasteiger partial charge in [-0.1, -0.05) is 32.4 Å². The quantitative estimate of drug-likeness (QED) is 0.797. The molecule has 1 saturated carbocycles. The van der Waals surface area contributed by atoms with E-state index in [0.717, 1.165) is 24.1 Å². The Hall–Kier alpha value is -0.600. The monoisotopic (exact) mass is 225 g/mol. The molecule has 1 N–H and O–H groups in total. The molecule has 3 heteroatoms. The first-order valence-corrected chi connectivity index (χ1v) is 5.60. The van der Waals surface area contributed by atoms with Crippen LogP contribution in [0.4, 0.5) is 0 Å². The molecule has 0 saturated heterocycles. The van der Waals surface area contributed by atoms with E-state index < -0.39 is 5.60 Å². The summed E-state index contributed by atoms with van der Waals surface area (Å²) in [6.45, 7) is 6.23. The lowest BCUT2D eigenvalue weighted by Crippen LogP contribution is -2.15. The minimum Gasteiger partial charge on any atom is -0.385 e. The predicted molar refractivity (Wildman–Crippen MR) is 61.1 cm³/mol. The third-order valence-electron chi connectivity index (χ3n) is 2.81. The number of aromatic nitrogens is 1. The van der Waals surface area contributed by atoms with Gasteiger partial charge in [-0.05, 0) is 18.9 Å². The highest BCUT2D eigenvalue weighted by Crippen LogP contribution is 2.46. The number of rotatable bonds is 1. The highest BCUT2D eigenvalue weighted by Gasteiger charge is 2.42. The van der Waals surface area contributed by atoms with Gasteiger partial charge in [-0.3, -0.25) is 4.98 Å². The smallest absolute Gasteiger partial charge is 0.0914 e. The average molecular weight is 226 g/mol. The molecule has 2 nitrogen and oxygen atoms in total. The topological polar surface area (TPSA) is 33.1 Å². The minimum absolute atomic E-state index is 0.0538. The summed E-state index contributed by atoms with van der Waals surface area (Å²) in [6.07, 6.45) is 3.39. The van der Waals surface area contributed by atoms with Crippen LogP contribution in [0.1, 0.15) is 44.9 Å². The highest BCUT2D eigenvalue weighted by atomic mass is 35.5. The van der Waals surface area contributed by atoms with Crippen molar-refractivity contribution in [2.24, 2.45) is 0 Å². The van der Waals surface area contributed by atoms with E-state index in [4.69, 9.17) is 11.6 Å². The fourth-order valence-corrected chi connectivity index (χ4v) is 2.10. The van der Waals surface area contributed by atoms with Crippen LogP contribution in [0, 0.1) is 0 Å². The van der Waals surface area contributed by atoms with Gasteiger partial charge in [0.25, 0.3) is 0 Å². The van der Waals surface area contributed by atoms with Crippen molar-refractivity contribution in [1.29, 1.82) is 0 Å². The SMILES string of the molecule is CC(C)(C)c1ncc(C2(O)CC2)cc1Cl. The first kappa shape index (κ1) is 10.9. The molecule has 0 bridgehead atoms. The molecule has 15 heavy (non-hydrogen) atoms. The van der Waals surface area contributed by atoms with Gasteiger partial charge in [0, 0.05) is 17.2 Å². The zero-order valence-corrected chi connectivity index (χ0v) is 10.1. The zero-order valence-electron chi connectivity index (χ0n) is 9.34. The first-order valence-electron chi connectivity index (χ1n) is 5.22. The Morgan fingerprint density at radius 3 is 2.40 bits per heavy atom. The third kappa shape index (κ3) is 2.01. The largest absolute Gasteiger partial charge is 0.385 e. The van der Waals surface area contributed by atoms with E-state index >= 15 is 0 Å². The van der Waals surface area contributed by atoms with Crippen molar-refractivity contribution in [3.8, 4) is 0 Å². The second-order valence-electron chi connectivity index (χ2n) is 5.34. The summed E-state index contributed by atoms with van der Waals surface area (Å²) in [5.74, 6) is 0.